The number of para-hydroxylation sites is 1. The van der Waals surface area contributed by atoms with E-state index in [0.717, 1.165) is 0 Å². The van der Waals surface area contributed by atoms with Crippen LogP contribution in [0.1, 0.15) is 25.6 Å². The van der Waals surface area contributed by atoms with Gasteiger partial charge in [0.1, 0.15) is 10.6 Å². The molecular weight excluding hydrogens is 420 g/mol. The number of nitrogens with two attached hydrogens (primary N) is 1. The van der Waals surface area contributed by atoms with E-state index in [-0.39, 0.29) is 11.3 Å². The molecule has 1 heterocycles. The summed E-state index contributed by atoms with van der Waals surface area (Å²) in [5, 5.41) is 7.86. The lowest BCUT2D eigenvalue weighted by molar-refractivity contribution is -0.136. The van der Waals surface area contributed by atoms with Crippen molar-refractivity contribution in [2.24, 2.45) is 10.8 Å². The van der Waals surface area contributed by atoms with Crippen LogP contribution in [0.2, 0.25) is 0 Å². The van der Waals surface area contributed by atoms with Crippen molar-refractivity contribution in [3.05, 3.63) is 82.0 Å². The summed E-state index contributed by atoms with van der Waals surface area (Å²) in [6.07, 6.45) is 1.25. The highest BCUT2D eigenvalue weighted by atomic mass is 32.1. The van der Waals surface area contributed by atoms with Gasteiger partial charge in [-0.1, -0.05) is 18.2 Å². The van der Waals surface area contributed by atoms with E-state index in [1.807, 2.05) is 0 Å². The van der Waals surface area contributed by atoms with Gasteiger partial charge >= 0.3 is 17.8 Å². The Morgan fingerprint density at radius 3 is 2.35 bits per heavy atom. The summed E-state index contributed by atoms with van der Waals surface area (Å²) >= 11 is 1.25. The lowest BCUT2D eigenvalue weighted by Crippen LogP contribution is -2.32. The molecule has 31 heavy (non-hydrogen) atoms. The molecule has 0 saturated carbocycles. The van der Waals surface area contributed by atoms with Crippen LogP contribution in [-0.4, -0.2) is 29.9 Å². The molecule has 3 aromatic rings. The lowest BCUT2D eigenvalue weighted by Gasteiger charge is -2.06. The van der Waals surface area contributed by atoms with Gasteiger partial charge in [0, 0.05) is 16.8 Å². The predicted octanol–water partition coefficient (Wildman–Crippen LogP) is 2.16. The molecule has 4 N–H and O–H groups in total. The number of primary amides is 1. The van der Waals surface area contributed by atoms with Gasteiger partial charge in [-0.3, -0.25) is 14.4 Å². The maximum Gasteiger partial charge on any atom is 0.353 e. The Morgan fingerprint density at radius 2 is 1.68 bits per heavy atom. The number of anilines is 1. The monoisotopic (exact) mass is 436 g/mol. The molecule has 3 rings (SSSR count). The minimum Gasteiger partial charge on any atom is -0.422 e. The third kappa shape index (κ3) is 5.84. The number of hydrogen-bond donors (Lipinski definition) is 3. The Balaban J connectivity index is 1.58. The molecule has 2 aromatic carbocycles. The molecule has 0 atom stereocenters. The molecule has 3 amide bonds. The third-order valence-corrected chi connectivity index (χ3v) is 4.70. The normalized spacial score (nSPS) is 10.5. The predicted molar refractivity (Wildman–Crippen MR) is 115 cm³/mol. The fourth-order valence-electron chi connectivity index (χ4n) is 2.34. The molecule has 0 spiro atoms. The minimum absolute atomic E-state index is 0.248. The number of nitrogens with zero attached hydrogens (tertiary/aromatic N) is 1. The van der Waals surface area contributed by atoms with Gasteiger partial charge in [-0.2, -0.15) is 5.10 Å². The van der Waals surface area contributed by atoms with Crippen LogP contribution in [-0.2, 0) is 9.59 Å². The van der Waals surface area contributed by atoms with Gasteiger partial charge in [0.2, 0.25) is 5.91 Å². The van der Waals surface area contributed by atoms with E-state index in [4.69, 9.17) is 10.5 Å². The molecule has 0 radical (unpaired) electrons. The quantitative estimate of drug-likeness (QED) is 0.179. The molecule has 0 fully saturated rings. The number of thiophene rings is 1. The zero-order valence-corrected chi connectivity index (χ0v) is 16.7. The van der Waals surface area contributed by atoms with Crippen LogP contribution in [0, 0.1) is 0 Å². The molecule has 0 unspecified atom stereocenters. The summed E-state index contributed by atoms with van der Waals surface area (Å²) in [6, 6.07) is 15.7. The number of rotatable bonds is 6. The van der Waals surface area contributed by atoms with Crippen LogP contribution in [0.5, 0.6) is 5.75 Å². The number of hydrogen-bond acceptors (Lipinski definition) is 7. The molecule has 9 nitrogen and oxygen atoms in total. The molecule has 0 bridgehead atoms. The van der Waals surface area contributed by atoms with Gasteiger partial charge in [0.25, 0.3) is 0 Å². The van der Waals surface area contributed by atoms with Crippen molar-refractivity contribution in [2.75, 3.05) is 5.32 Å². The Kier molecular flexibility index (Phi) is 6.86. The van der Waals surface area contributed by atoms with Gasteiger partial charge in [-0.15, -0.1) is 11.3 Å². The maximum atomic E-state index is 12.1. The number of amides is 3. The van der Waals surface area contributed by atoms with Crippen LogP contribution in [0.25, 0.3) is 0 Å². The minimum atomic E-state index is -1.01. The first-order chi connectivity index (χ1) is 14.9. The van der Waals surface area contributed by atoms with E-state index >= 15 is 0 Å². The van der Waals surface area contributed by atoms with E-state index in [9.17, 15) is 19.2 Å². The molecular formula is C21H16N4O5S. The van der Waals surface area contributed by atoms with Crippen molar-refractivity contribution in [3.8, 4) is 5.75 Å². The molecule has 156 valence electrons. The summed E-state index contributed by atoms with van der Waals surface area (Å²) in [5.41, 5.74) is 8.24. The smallest absolute Gasteiger partial charge is 0.353 e. The highest BCUT2D eigenvalue weighted by Crippen LogP contribution is 2.19. The Labute approximate surface area is 180 Å². The van der Waals surface area contributed by atoms with Crippen molar-refractivity contribution in [3.63, 3.8) is 0 Å². The number of nitrogens with one attached hydrogen (secondary N) is 2. The number of carbonyl (C=O) groups is 4. The first kappa shape index (κ1) is 21.4. The maximum absolute atomic E-state index is 12.1. The zero-order valence-electron chi connectivity index (χ0n) is 15.9. The van der Waals surface area contributed by atoms with Gasteiger partial charge in [-0.05, 0) is 47.8 Å². The second-order valence-corrected chi connectivity index (χ2v) is 6.95. The Morgan fingerprint density at radius 1 is 0.935 bits per heavy atom. The number of hydrazone groups is 1. The van der Waals surface area contributed by atoms with Crippen LogP contribution < -0.4 is 21.2 Å². The third-order valence-electron chi connectivity index (χ3n) is 3.85. The molecule has 10 heteroatoms. The van der Waals surface area contributed by atoms with Crippen LogP contribution in [0.4, 0.5) is 5.69 Å². The largest absolute Gasteiger partial charge is 0.422 e. The first-order valence-electron chi connectivity index (χ1n) is 8.83. The summed E-state index contributed by atoms with van der Waals surface area (Å²) in [7, 11) is 0. The summed E-state index contributed by atoms with van der Waals surface area (Å²) in [5.74, 6) is -2.84. The zero-order chi connectivity index (χ0) is 22.2. The average molecular weight is 436 g/mol. The fraction of sp³-hybridized carbons (Fsp3) is 0. The number of carbonyl (C=O) groups excluding carboxylic acids is 4. The number of ether oxygens (including phenoxy) is 1. The van der Waals surface area contributed by atoms with Crippen LogP contribution in [0.15, 0.2) is 71.1 Å². The Bertz CT molecular complexity index is 1140. The van der Waals surface area contributed by atoms with Crippen LogP contribution >= 0.6 is 11.3 Å². The van der Waals surface area contributed by atoms with Gasteiger partial charge in [-0.25, -0.2) is 10.2 Å². The van der Waals surface area contributed by atoms with Gasteiger partial charge in [0.05, 0.1) is 6.21 Å². The lowest BCUT2D eigenvalue weighted by atomic mass is 10.2. The van der Waals surface area contributed by atoms with E-state index in [1.54, 1.807) is 41.8 Å². The molecule has 1 aromatic heterocycles. The topological polar surface area (TPSA) is 140 Å². The highest BCUT2D eigenvalue weighted by molar-refractivity contribution is 7.12. The molecule has 0 aliphatic rings. The first-order valence-corrected chi connectivity index (χ1v) is 9.71. The Hall–Kier alpha value is -4.31. The summed E-state index contributed by atoms with van der Waals surface area (Å²) in [4.78, 5) is 47.5. The second-order valence-electron chi connectivity index (χ2n) is 6.00. The van der Waals surface area contributed by atoms with Crippen molar-refractivity contribution >= 4 is 46.9 Å². The second kappa shape index (κ2) is 9.94. The number of benzene rings is 2. The van der Waals surface area contributed by atoms with Crippen molar-refractivity contribution < 1.29 is 23.9 Å². The van der Waals surface area contributed by atoms with E-state index < -0.39 is 23.7 Å². The van der Waals surface area contributed by atoms with Crippen molar-refractivity contribution in [2.45, 2.75) is 0 Å². The average Bonchev–Trinajstić information content (AvgIpc) is 3.30. The summed E-state index contributed by atoms with van der Waals surface area (Å²) < 4.78 is 5.36. The van der Waals surface area contributed by atoms with E-state index in [0.29, 0.717) is 16.1 Å². The fourth-order valence-corrected chi connectivity index (χ4v) is 2.94. The molecule has 0 aliphatic carbocycles. The van der Waals surface area contributed by atoms with Crippen molar-refractivity contribution in [1.82, 2.24) is 5.43 Å². The van der Waals surface area contributed by atoms with Crippen LogP contribution in [0.3, 0.4) is 0 Å². The highest BCUT2D eigenvalue weighted by Gasteiger charge is 2.14. The SMILES string of the molecule is NC(=O)c1ccc(NC(=O)C(=O)N/N=C/c2ccccc2OC(=O)c2cccs2)cc1. The summed E-state index contributed by atoms with van der Waals surface area (Å²) in [6.45, 7) is 0. The molecule has 0 aliphatic heterocycles. The number of esters is 1. The van der Waals surface area contributed by atoms with Crippen molar-refractivity contribution in [1.29, 1.82) is 0 Å². The standard InChI is InChI=1S/C21H16N4O5S/c22-18(26)13-7-9-15(10-8-13)24-19(27)20(28)25-23-12-14-4-1-2-5-16(14)30-21(29)17-6-3-11-31-17/h1-12H,(H2,22,26)(H,24,27)(H,25,28)/b23-12+. The van der Waals surface area contributed by atoms with E-state index in [2.05, 4.69) is 15.8 Å². The van der Waals surface area contributed by atoms with E-state index in [1.165, 1.54) is 41.8 Å². The van der Waals surface area contributed by atoms with Gasteiger partial charge in [0.15, 0.2) is 0 Å². The molecule has 0 saturated heterocycles. The van der Waals surface area contributed by atoms with Gasteiger partial charge < -0.3 is 15.8 Å².